The number of aromatic nitrogens is 2. The number of benzene rings is 2. The van der Waals surface area contributed by atoms with Crippen molar-refractivity contribution in [2.75, 3.05) is 23.9 Å². The van der Waals surface area contributed by atoms with Gasteiger partial charge in [-0.3, -0.25) is 4.79 Å². The standard InChI is InChI=1S/C21H20N4O2/c1-27-18-8-6-15(7-9-18)12-22-21-23-13-17(14-24-21)20(26)25-11-10-16-4-2-3-5-19(16)25/h2-9,13-14H,10-12H2,1H3,(H,22,23,24). The molecule has 136 valence electrons. The first kappa shape index (κ1) is 17.0. The number of amides is 1. The summed E-state index contributed by atoms with van der Waals surface area (Å²) in [6.07, 6.45) is 4.03. The number of fused-ring (bicyclic) bond motifs is 1. The molecular weight excluding hydrogens is 340 g/mol. The molecular formula is C21H20N4O2. The first-order valence-electron chi connectivity index (χ1n) is 8.83. The van der Waals surface area contributed by atoms with Crippen molar-refractivity contribution in [2.24, 2.45) is 0 Å². The number of carbonyl (C=O) groups excluding carboxylic acids is 1. The van der Waals surface area contributed by atoms with Gasteiger partial charge in [-0.05, 0) is 35.7 Å². The topological polar surface area (TPSA) is 67.3 Å². The van der Waals surface area contributed by atoms with Crippen LogP contribution in [0.2, 0.25) is 0 Å². The summed E-state index contributed by atoms with van der Waals surface area (Å²) in [5, 5.41) is 3.16. The van der Waals surface area contributed by atoms with Crippen molar-refractivity contribution in [3.63, 3.8) is 0 Å². The van der Waals surface area contributed by atoms with Gasteiger partial charge in [0.1, 0.15) is 5.75 Å². The van der Waals surface area contributed by atoms with Crippen LogP contribution in [0, 0.1) is 0 Å². The Bertz CT molecular complexity index is 939. The van der Waals surface area contributed by atoms with E-state index in [1.54, 1.807) is 24.4 Å². The van der Waals surface area contributed by atoms with E-state index >= 15 is 0 Å². The molecule has 3 aromatic rings. The van der Waals surface area contributed by atoms with E-state index in [9.17, 15) is 4.79 Å². The summed E-state index contributed by atoms with van der Waals surface area (Å²) >= 11 is 0. The van der Waals surface area contributed by atoms with Gasteiger partial charge < -0.3 is 15.0 Å². The molecule has 1 aliphatic heterocycles. The maximum atomic E-state index is 12.8. The van der Waals surface area contributed by atoms with Gasteiger partial charge in [0, 0.05) is 31.2 Å². The van der Waals surface area contributed by atoms with Gasteiger partial charge in [-0.2, -0.15) is 0 Å². The fraction of sp³-hybridized carbons (Fsp3) is 0.190. The van der Waals surface area contributed by atoms with Crippen LogP contribution in [0.15, 0.2) is 60.9 Å². The second kappa shape index (κ2) is 7.45. The number of hydrogen-bond acceptors (Lipinski definition) is 5. The number of para-hydroxylation sites is 1. The van der Waals surface area contributed by atoms with Gasteiger partial charge in [0.05, 0.1) is 12.7 Å². The van der Waals surface area contributed by atoms with Crippen LogP contribution in [0.3, 0.4) is 0 Å². The molecule has 0 aliphatic carbocycles. The summed E-state index contributed by atoms with van der Waals surface area (Å²) < 4.78 is 5.15. The van der Waals surface area contributed by atoms with Gasteiger partial charge in [0.25, 0.3) is 5.91 Å². The second-order valence-electron chi connectivity index (χ2n) is 6.33. The number of anilines is 2. The normalized spacial score (nSPS) is 12.6. The Morgan fingerprint density at radius 1 is 1.11 bits per heavy atom. The van der Waals surface area contributed by atoms with E-state index in [4.69, 9.17) is 4.74 Å². The monoisotopic (exact) mass is 360 g/mol. The first-order chi connectivity index (χ1) is 13.2. The minimum atomic E-state index is -0.0679. The molecule has 0 spiro atoms. The van der Waals surface area contributed by atoms with Gasteiger partial charge in [0.2, 0.25) is 5.95 Å². The third-order valence-corrected chi connectivity index (χ3v) is 4.64. The molecule has 1 aliphatic rings. The fourth-order valence-corrected chi connectivity index (χ4v) is 3.16. The predicted octanol–water partition coefficient (Wildman–Crippen LogP) is 3.30. The average Bonchev–Trinajstić information content (AvgIpc) is 3.16. The van der Waals surface area contributed by atoms with Crippen molar-refractivity contribution in [1.82, 2.24) is 9.97 Å². The maximum Gasteiger partial charge on any atom is 0.261 e. The number of nitrogens with one attached hydrogen (secondary N) is 1. The average molecular weight is 360 g/mol. The summed E-state index contributed by atoms with van der Waals surface area (Å²) in [6, 6.07) is 15.8. The molecule has 2 aromatic carbocycles. The summed E-state index contributed by atoms with van der Waals surface area (Å²) in [7, 11) is 1.64. The minimum absolute atomic E-state index is 0.0679. The zero-order chi connectivity index (χ0) is 18.6. The Morgan fingerprint density at radius 2 is 1.85 bits per heavy atom. The van der Waals surface area contributed by atoms with Crippen LogP contribution in [0.4, 0.5) is 11.6 Å². The summed E-state index contributed by atoms with van der Waals surface area (Å²) in [5.41, 5.74) is 3.75. The molecule has 27 heavy (non-hydrogen) atoms. The molecule has 0 radical (unpaired) electrons. The molecule has 1 amide bonds. The molecule has 0 atom stereocenters. The first-order valence-corrected chi connectivity index (χ1v) is 8.83. The van der Waals surface area contributed by atoms with Crippen LogP contribution in [-0.2, 0) is 13.0 Å². The highest BCUT2D eigenvalue weighted by Gasteiger charge is 2.25. The van der Waals surface area contributed by atoms with Gasteiger partial charge in [0.15, 0.2) is 0 Å². The zero-order valence-corrected chi connectivity index (χ0v) is 15.1. The zero-order valence-electron chi connectivity index (χ0n) is 15.1. The lowest BCUT2D eigenvalue weighted by atomic mass is 10.2. The molecule has 4 rings (SSSR count). The molecule has 0 unspecified atom stereocenters. The lowest BCUT2D eigenvalue weighted by Gasteiger charge is -2.17. The van der Waals surface area contributed by atoms with Gasteiger partial charge in [-0.15, -0.1) is 0 Å². The van der Waals surface area contributed by atoms with E-state index < -0.39 is 0 Å². The SMILES string of the molecule is COc1ccc(CNc2ncc(C(=O)N3CCc4ccccc43)cn2)cc1. The molecule has 0 saturated heterocycles. The second-order valence-corrected chi connectivity index (χ2v) is 6.33. The van der Waals surface area contributed by atoms with E-state index in [-0.39, 0.29) is 5.91 Å². The quantitative estimate of drug-likeness (QED) is 0.756. The smallest absolute Gasteiger partial charge is 0.261 e. The van der Waals surface area contributed by atoms with Crippen LogP contribution >= 0.6 is 0 Å². The minimum Gasteiger partial charge on any atom is -0.497 e. The van der Waals surface area contributed by atoms with Crippen molar-refractivity contribution in [3.8, 4) is 5.75 Å². The van der Waals surface area contributed by atoms with E-state index in [1.807, 2.05) is 42.5 Å². The molecule has 1 aromatic heterocycles. The van der Waals surface area contributed by atoms with Gasteiger partial charge >= 0.3 is 0 Å². The molecule has 1 N–H and O–H groups in total. The van der Waals surface area contributed by atoms with E-state index in [1.165, 1.54) is 5.56 Å². The van der Waals surface area contributed by atoms with Crippen LogP contribution in [0.25, 0.3) is 0 Å². The molecule has 0 saturated carbocycles. The van der Waals surface area contributed by atoms with Gasteiger partial charge in [-0.1, -0.05) is 30.3 Å². The van der Waals surface area contributed by atoms with Gasteiger partial charge in [-0.25, -0.2) is 9.97 Å². The predicted molar refractivity (Wildman–Crippen MR) is 104 cm³/mol. The number of nitrogens with zero attached hydrogens (tertiary/aromatic N) is 3. The maximum absolute atomic E-state index is 12.8. The Balaban J connectivity index is 1.40. The lowest BCUT2D eigenvalue weighted by molar-refractivity contribution is 0.0988. The van der Waals surface area contributed by atoms with Crippen molar-refractivity contribution in [1.29, 1.82) is 0 Å². The molecule has 0 fully saturated rings. The number of methoxy groups -OCH3 is 1. The van der Waals surface area contributed by atoms with Crippen LogP contribution in [0.1, 0.15) is 21.5 Å². The Labute approximate surface area is 157 Å². The van der Waals surface area contributed by atoms with Crippen molar-refractivity contribution in [2.45, 2.75) is 13.0 Å². The highest BCUT2D eigenvalue weighted by molar-refractivity contribution is 6.06. The Kier molecular flexibility index (Phi) is 4.70. The van der Waals surface area contributed by atoms with Crippen molar-refractivity contribution < 1.29 is 9.53 Å². The fourth-order valence-electron chi connectivity index (χ4n) is 3.16. The summed E-state index contributed by atoms with van der Waals surface area (Å²) in [6.45, 7) is 1.28. The van der Waals surface area contributed by atoms with Crippen LogP contribution in [0.5, 0.6) is 5.75 Å². The number of carbonyl (C=O) groups is 1. The lowest BCUT2D eigenvalue weighted by Crippen LogP contribution is -2.29. The van der Waals surface area contributed by atoms with Crippen molar-refractivity contribution >= 4 is 17.5 Å². The third kappa shape index (κ3) is 3.60. The molecule has 0 bridgehead atoms. The van der Waals surface area contributed by atoms with E-state index in [2.05, 4.69) is 21.4 Å². The van der Waals surface area contributed by atoms with E-state index in [0.29, 0.717) is 24.6 Å². The van der Waals surface area contributed by atoms with E-state index in [0.717, 1.165) is 23.4 Å². The van der Waals surface area contributed by atoms with Crippen LogP contribution < -0.4 is 15.0 Å². The van der Waals surface area contributed by atoms with Crippen molar-refractivity contribution in [3.05, 3.63) is 77.6 Å². The molecule has 6 nitrogen and oxygen atoms in total. The number of hydrogen-bond donors (Lipinski definition) is 1. The third-order valence-electron chi connectivity index (χ3n) is 4.64. The largest absolute Gasteiger partial charge is 0.497 e. The Hall–Kier alpha value is -3.41. The summed E-state index contributed by atoms with van der Waals surface area (Å²) in [4.78, 5) is 23.1. The number of ether oxygens (including phenoxy) is 1. The highest BCUT2D eigenvalue weighted by atomic mass is 16.5. The Morgan fingerprint density at radius 3 is 2.59 bits per heavy atom. The molecule has 6 heteroatoms. The summed E-state index contributed by atoms with van der Waals surface area (Å²) in [5.74, 6) is 1.24. The van der Waals surface area contributed by atoms with Crippen LogP contribution in [-0.4, -0.2) is 29.5 Å². The highest BCUT2D eigenvalue weighted by Crippen LogP contribution is 2.28. The number of rotatable bonds is 5. The molecule has 2 heterocycles.